The van der Waals surface area contributed by atoms with E-state index >= 15 is 0 Å². The summed E-state index contributed by atoms with van der Waals surface area (Å²) in [7, 11) is 1.88. The zero-order valence-corrected chi connectivity index (χ0v) is 13.4. The Bertz CT molecular complexity index is 643. The third-order valence-corrected chi connectivity index (χ3v) is 3.19. The minimum atomic E-state index is -0.192. The van der Waals surface area contributed by atoms with Crippen LogP contribution in [0, 0.1) is 13.8 Å². The molecule has 5 nitrogen and oxygen atoms in total. The highest BCUT2D eigenvalue weighted by atomic mass is 35.5. The number of aromatic nitrogens is 4. The fourth-order valence-electron chi connectivity index (χ4n) is 1.79. The molecule has 2 rings (SSSR count). The molecule has 0 fully saturated rings. The lowest BCUT2D eigenvalue weighted by molar-refractivity contribution is 0.439. The van der Waals surface area contributed by atoms with Crippen LogP contribution < -0.4 is 4.74 Å². The summed E-state index contributed by atoms with van der Waals surface area (Å²) in [4.78, 5) is 8.69. The first kappa shape index (κ1) is 14.8. The number of hydrogen-bond donors (Lipinski definition) is 0. The molecule has 0 saturated heterocycles. The summed E-state index contributed by atoms with van der Waals surface area (Å²) in [6.45, 7) is 9.94. The summed E-state index contributed by atoms with van der Waals surface area (Å²) in [5, 5.41) is 4.69. The number of halogens is 1. The van der Waals surface area contributed by atoms with Gasteiger partial charge in [0, 0.05) is 18.5 Å². The van der Waals surface area contributed by atoms with Gasteiger partial charge in [-0.05, 0) is 13.8 Å². The highest BCUT2D eigenvalue weighted by molar-refractivity contribution is 6.29. The van der Waals surface area contributed by atoms with Crippen LogP contribution in [-0.2, 0) is 12.5 Å². The fraction of sp³-hybridized carbons (Fsp3) is 0.500. The van der Waals surface area contributed by atoms with Crippen LogP contribution in [-0.4, -0.2) is 19.7 Å². The first-order valence-corrected chi connectivity index (χ1v) is 6.79. The van der Waals surface area contributed by atoms with Crippen LogP contribution in [0.2, 0.25) is 5.15 Å². The van der Waals surface area contributed by atoms with Crippen LogP contribution in [0.4, 0.5) is 0 Å². The quantitative estimate of drug-likeness (QED) is 0.795. The van der Waals surface area contributed by atoms with E-state index in [2.05, 4.69) is 15.1 Å². The Kier molecular flexibility index (Phi) is 3.73. The van der Waals surface area contributed by atoms with Crippen LogP contribution in [0.3, 0.4) is 0 Å². The number of hydrogen-bond acceptors (Lipinski definition) is 4. The highest BCUT2D eigenvalue weighted by Crippen LogP contribution is 2.29. The summed E-state index contributed by atoms with van der Waals surface area (Å²) >= 11 is 6.06. The Morgan fingerprint density at radius 1 is 1.20 bits per heavy atom. The van der Waals surface area contributed by atoms with Crippen molar-refractivity contribution < 1.29 is 4.74 Å². The van der Waals surface area contributed by atoms with Crippen LogP contribution in [0.5, 0.6) is 11.6 Å². The standard InChI is InChI=1S/C14H19ClN4O/c1-8-12(9(2)19(6)18-8)20-11-7-10(15)16-13(17-11)14(3,4)5/h7H,1-6H3. The highest BCUT2D eigenvalue weighted by Gasteiger charge is 2.20. The number of aryl methyl sites for hydroxylation is 2. The Morgan fingerprint density at radius 2 is 1.85 bits per heavy atom. The Balaban J connectivity index is 2.41. The molecule has 0 spiro atoms. The summed E-state index contributed by atoms with van der Waals surface area (Å²) in [6, 6.07) is 1.61. The zero-order chi connectivity index (χ0) is 15.1. The molecule has 20 heavy (non-hydrogen) atoms. The lowest BCUT2D eigenvalue weighted by atomic mass is 9.96. The summed E-state index contributed by atoms with van der Waals surface area (Å²) < 4.78 is 7.63. The molecule has 0 radical (unpaired) electrons. The van der Waals surface area contributed by atoms with Gasteiger partial charge in [0.05, 0.1) is 5.69 Å². The van der Waals surface area contributed by atoms with Gasteiger partial charge < -0.3 is 4.74 Å². The molecule has 0 bridgehead atoms. The van der Waals surface area contributed by atoms with Crippen LogP contribution >= 0.6 is 11.6 Å². The molecule has 2 aromatic heterocycles. The molecule has 0 N–H and O–H groups in total. The minimum Gasteiger partial charge on any atom is -0.435 e. The molecule has 0 amide bonds. The van der Waals surface area contributed by atoms with Crippen molar-refractivity contribution in [3.8, 4) is 11.6 Å². The summed E-state index contributed by atoms with van der Waals surface area (Å²) in [5.41, 5.74) is 1.56. The number of nitrogens with zero attached hydrogens (tertiary/aromatic N) is 4. The normalized spacial score (nSPS) is 11.8. The average molecular weight is 295 g/mol. The molecular weight excluding hydrogens is 276 g/mol. The average Bonchev–Trinajstić information content (AvgIpc) is 2.54. The first-order valence-electron chi connectivity index (χ1n) is 6.41. The van der Waals surface area contributed by atoms with Crippen molar-refractivity contribution >= 4 is 11.6 Å². The topological polar surface area (TPSA) is 52.8 Å². The SMILES string of the molecule is Cc1nn(C)c(C)c1Oc1cc(Cl)nc(C(C)(C)C)n1. The van der Waals surface area contributed by atoms with Crippen LogP contribution in [0.25, 0.3) is 0 Å². The van der Waals surface area contributed by atoms with E-state index in [1.54, 1.807) is 10.7 Å². The van der Waals surface area contributed by atoms with Gasteiger partial charge >= 0.3 is 0 Å². The Labute approximate surface area is 124 Å². The number of rotatable bonds is 2. The Morgan fingerprint density at radius 3 is 2.35 bits per heavy atom. The lowest BCUT2D eigenvalue weighted by Crippen LogP contribution is -2.16. The van der Waals surface area contributed by atoms with Gasteiger partial charge in [-0.2, -0.15) is 10.1 Å². The summed E-state index contributed by atoms with van der Waals surface area (Å²) in [5.74, 6) is 1.80. The molecule has 0 aliphatic heterocycles. The van der Waals surface area contributed by atoms with Gasteiger partial charge in [0.25, 0.3) is 0 Å². The second-order valence-corrected chi connectivity index (χ2v) is 6.22. The maximum absolute atomic E-state index is 6.06. The van der Waals surface area contributed by atoms with Gasteiger partial charge in [0.2, 0.25) is 5.88 Å². The minimum absolute atomic E-state index is 0.192. The molecule has 0 aliphatic rings. The van der Waals surface area contributed by atoms with Crippen molar-refractivity contribution in [2.45, 2.75) is 40.0 Å². The maximum Gasteiger partial charge on any atom is 0.224 e. The molecular formula is C14H19ClN4O. The van der Waals surface area contributed by atoms with E-state index in [0.29, 0.717) is 22.6 Å². The van der Waals surface area contributed by atoms with Crippen molar-refractivity contribution in [2.75, 3.05) is 0 Å². The Hall–Kier alpha value is -1.62. The molecule has 0 saturated carbocycles. The second-order valence-electron chi connectivity index (χ2n) is 5.83. The number of ether oxygens (including phenoxy) is 1. The van der Waals surface area contributed by atoms with Gasteiger partial charge in [-0.3, -0.25) is 4.68 Å². The largest absolute Gasteiger partial charge is 0.435 e. The third-order valence-electron chi connectivity index (χ3n) is 2.99. The van der Waals surface area contributed by atoms with Gasteiger partial charge in [-0.25, -0.2) is 4.98 Å². The molecule has 2 heterocycles. The molecule has 108 valence electrons. The predicted molar refractivity (Wildman–Crippen MR) is 78.5 cm³/mol. The van der Waals surface area contributed by atoms with E-state index in [-0.39, 0.29) is 5.41 Å². The molecule has 2 aromatic rings. The zero-order valence-electron chi connectivity index (χ0n) is 12.7. The lowest BCUT2D eigenvalue weighted by Gasteiger charge is -2.17. The van der Waals surface area contributed by atoms with Gasteiger partial charge in [-0.1, -0.05) is 32.4 Å². The van der Waals surface area contributed by atoms with E-state index < -0.39 is 0 Å². The smallest absolute Gasteiger partial charge is 0.224 e. The molecule has 0 atom stereocenters. The van der Waals surface area contributed by atoms with E-state index in [1.807, 2.05) is 41.7 Å². The molecule has 0 aromatic carbocycles. The monoisotopic (exact) mass is 294 g/mol. The van der Waals surface area contributed by atoms with E-state index in [9.17, 15) is 0 Å². The van der Waals surface area contributed by atoms with Crippen molar-refractivity contribution in [1.82, 2.24) is 19.7 Å². The van der Waals surface area contributed by atoms with Gasteiger partial charge in [-0.15, -0.1) is 0 Å². The fourth-order valence-corrected chi connectivity index (χ4v) is 1.96. The third kappa shape index (κ3) is 2.93. The van der Waals surface area contributed by atoms with Crippen LogP contribution in [0.1, 0.15) is 38.0 Å². The van der Waals surface area contributed by atoms with Crippen molar-refractivity contribution in [1.29, 1.82) is 0 Å². The molecule has 6 heteroatoms. The molecule has 0 unspecified atom stereocenters. The summed E-state index contributed by atoms with van der Waals surface area (Å²) in [6.07, 6.45) is 0. The van der Waals surface area contributed by atoms with Gasteiger partial charge in [0.15, 0.2) is 5.75 Å². The van der Waals surface area contributed by atoms with Crippen molar-refractivity contribution in [3.05, 3.63) is 28.4 Å². The second kappa shape index (κ2) is 5.05. The first-order chi connectivity index (χ1) is 9.18. The van der Waals surface area contributed by atoms with Gasteiger partial charge in [0.1, 0.15) is 16.7 Å². The molecule has 0 aliphatic carbocycles. The maximum atomic E-state index is 6.06. The predicted octanol–water partition coefficient (Wildman–Crippen LogP) is 3.57. The van der Waals surface area contributed by atoms with E-state index in [1.165, 1.54) is 0 Å². The van der Waals surface area contributed by atoms with Crippen molar-refractivity contribution in [2.24, 2.45) is 7.05 Å². The van der Waals surface area contributed by atoms with E-state index in [4.69, 9.17) is 16.3 Å². The van der Waals surface area contributed by atoms with Crippen LogP contribution in [0.15, 0.2) is 6.07 Å². The van der Waals surface area contributed by atoms with E-state index in [0.717, 1.165) is 11.4 Å². The van der Waals surface area contributed by atoms with Crippen molar-refractivity contribution in [3.63, 3.8) is 0 Å².